The average Bonchev–Trinajstić information content (AvgIpc) is 3.24. The Morgan fingerprint density at radius 2 is 1.79 bits per heavy atom. The molecule has 4 rings (SSSR count). The van der Waals surface area contributed by atoms with E-state index in [2.05, 4.69) is 12.2 Å². The van der Waals surface area contributed by atoms with E-state index in [9.17, 15) is 14.4 Å². The molecule has 0 N–H and O–H groups in total. The van der Waals surface area contributed by atoms with E-state index in [-0.39, 0.29) is 47.9 Å². The van der Waals surface area contributed by atoms with Crippen LogP contribution in [-0.2, 0) is 14.4 Å². The van der Waals surface area contributed by atoms with Gasteiger partial charge in [-0.05, 0) is 42.9 Å². The molecule has 1 saturated carbocycles. The number of anilines is 1. The number of imide groups is 1. The molecule has 0 radical (unpaired) electrons. The number of fused-ring (bicyclic) bond motifs is 5. The molecule has 2 fully saturated rings. The average molecular weight is 324 g/mol. The Hall–Kier alpha value is -2.43. The summed E-state index contributed by atoms with van der Waals surface area (Å²) >= 11 is 0. The van der Waals surface area contributed by atoms with E-state index < -0.39 is 0 Å². The number of hydrogen-bond acceptors (Lipinski definition) is 3. The number of likely N-dealkylation sites (N-methyl/N-ethyl adjacent to an activating group) is 1. The number of likely N-dealkylation sites (tertiary alicyclic amines) is 1. The first-order chi connectivity index (χ1) is 11.5. The molecule has 124 valence electrons. The number of carbonyl (C=O) groups excluding carboxylic acids is 3. The van der Waals surface area contributed by atoms with Crippen molar-refractivity contribution in [1.29, 1.82) is 0 Å². The van der Waals surface area contributed by atoms with Gasteiger partial charge in [0.1, 0.15) is 6.54 Å². The number of nitrogens with zero attached hydrogens (tertiary/aromatic N) is 2. The molecular formula is C19H20N2O3. The van der Waals surface area contributed by atoms with Crippen molar-refractivity contribution in [3.05, 3.63) is 42.0 Å². The third-order valence-electron chi connectivity index (χ3n) is 5.62. The highest BCUT2D eigenvalue weighted by Crippen LogP contribution is 2.52. The van der Waals surface area contributed by atoms with Gasteiger partial charge in [0.15, 0.2) is 0 Å². The van der Waals surface area contributed by atoms with Gasteiger partial charge in [-0.25, -0.2) is 0 Å². The van der Waals surface area contributed by atoms with Crippen LogP contribution in [0, 0.1) is 30.6 Å². The van der Waals surface area contributed by atoms with Crippen molar-refractivity contribution in [3.63, 3.8) is 0 Å². The lowest BCUT2D eigenvalue weighted by Crippen LogP contribution is -2.42. The Morgan fingerprint density at radius 3 is 2.38 bits per heavy atom. The maximum atomic E-state index is 12.6. The van der Waals surface area contributed by atoms with Crippen molar-refractivity contribution in [2.24, 2.45) is 23.7 Å². The third kappa shape index (κ3) is 2.11. The molecule has 4 atom stereocenters. The van der Waals surface area contributed by atoms with Crippen molar-refractivity contribution in [1.82, 2.24) is 4.90 Å². The zero-order chi connectivity index (χ0) is 17.0. The molecular weight excluding hydrogens is 304 g/mol. The first-order valence-corrected chi connectivity index (χ1v) is 8.34. The van der Waals surface area contributed by atoms with Crippen LogP contribution >= 0.6 is 0 Å². The van der Waals surface area contributed by atoms with E-state index in [4.69, 9.17) is 0 Å². The number of benzene rings is 1. The van der Waals surface area contributed by atoms with Gasteiger partial charge in [-0.2, -0.15) is 0 Å². The van der Waals surface area contributed by atoms with E-state index in [0.717, 1.165) is 17.7 Å². The highest BCUT2D eigenvalue weighted by Gasteiger charge is 2.59. The van der Waals surface area contributed by atoms with Crippen LogP contribution in [0.2, 0.25) is 0 Å². The molecule has 5 nitrogen and oxygen atoms in total. The van der Waals surface area contributed by atoms with Crippen LogP contribution in [-0.4, -0.2) is 36.2 Å². The summed E-state index contributed by atoms with van der Waals surface area (Å²) in [7, 11) is 1.67. The van der Waals surface area contributed by atoms with E-state index >= 15 is 0 Å². The van der Waals surface area contributed by atoms with Crippen molar-refractivity contribution in [3.8, 4) is 0 Å². The van der Waals surface area contributed by atoms with Gasteiger partial charge in [0.2, 0.25) is 17.7 Å². The lowest BCUT2D eigenvalue weighted by Gasteiger charge is -2.22. The van der Waals surface area contributed by atoms with Crippen LogP contribution in [0.1, 0.15) is 12.0 Å². The number of hydrogen-bond donors (Lipinski definition) is 0. The highest BCUT2D eigenvalue weighted by atomic mass is 16.2. The Balaban J connectivity index is 1.51. The van der Waals surface area contributed by atoms with Gasteiger partial charge in [0.05, 0.1) is 11.8 Å². The first-order valence-electron chi connectivity index (χ1n) is 8.34. The molecule has 2 bridgehead atoms. The monoisotopic (exact) mass is 324 g/mol. The number of carbonyl (C=O) groups is 3. The Morgan fingerprint density at radius 1 is 1.17 bits per heavy atom. The molecule has 2 aliphatic carbocycles. The Labute approximate surface area is 140 Å². The summed E-state index contributed by atoms with van der Waals surface area (Å²) in [5, 5.41) is 0. The van der Waals surface area contributed by atoms with Crippen LogP contribution in [0.4, 0.5) is 5.69 Å². The predicted molar refractivity (Wildman–Crippen MR) is 89.0 cm³/mol. The normalized spacial score (nSPS) is 30.2. The fourth-order valence-corrected chi connectivity index (χ4v) is 4.34. The highest BCUT2D eigenvalue weighted by molar-refractivity contribution is 6.09. The smallest absolute Gasteiger partial charge is 0.246 e. The third-order valence-corrected chi connectivity index (χ3v) is 5.62. The first kappa shape index (κ1) is 15.1. The van der Waals surface area contributed by atoms with Crippen LogP contribution < -0.4 is 4.90 Å². The molecule has 0 unspecified atom stereocenters. The standard InChI is InChI=1S/C19H20N2O3/c1-11-4-3-5-14(8-11)20(2)15(22)10-21-18(23)16-12-6-7-13(9-12)17(16)19(21)24/h3-8,12-13,16-17H,9-10H2,1-2H3/t12-,13-,16-,17-/m0/s1. The quantitative estimate of drug-likeness (QED) is 0.629. The molecule has 24 heavy (non-hydrogen) atoms. The fraction of sp³-hybridized carbons (Fsp3) is 0.421. The van der Waals surface area contributed by atoms with Gasteiger partial charge < -0.3 is 4.90 Å². The summed E-state index contributed by atoms with van der Waals surface area (Å²) in [5.74, 6) is -0.741. The van der Waals surface area contributed by atoms with Crippen LogP contribution in [0.5, 0.6) is 0 Å². The van der Waals surface area contributed by atoms with Crippen molar-refractivity contribution in [2.45, 2.75) is 13.3 Å². The summed E-state index contributed by atoms with van der Waals surface area (Å²) in [4.78, 5) is 40.5. The van der Waals surface area contributed by atoms with Gasteiger partial charge >= 0.3 is 0 Å². The Bertz CT molecular complexity index is 740. The second-order valence-electron chi connectivity index (χ2n) is 7.05. The molecule has 3 amide bonds. The molecule has 1 saturated heterocycles. The van der Waals surface area contributed by atoms with Gasteiger partial charge in [-0.15, -0.1) is 0 Å². The van der Waals surface area contributed by atoms with E-state index in [0.29, 0.717) is 0 Å². The van der Waals surface area contributed by atoms with Crippen LogP contribution in [0.15, 0.2) is 36.4 Å². The summed E-state index contributed by atoms with van der Waals surface area (Å²) < 4.78 is 0. The minimum atomic E-state index is -0.248. The van der Waals surface area contributed by atoms with Gasteiger partial charge in [-0.1, -0.05) is 24.3 Å². The zero-order valence-corrected chi connectivity index (χ0v) is 13.8. The van der Waals surface area contributed by atoms with E-state index in [1.807, 2.05) is 31.2 Å². The molecule has 1 aromatic carbocycles. The summed E-state index contributed by atoms with van der Waals surface area (Å²) in [6, 6.07) is 7.59. The second kappa shape index (κ2) is 5.30. The van der Waals surface area contributed by atoms with Gasteiger partial charge in [0.25, 0.3) is 0 Å². The summed E-state index contributed by atoms with van der Waals surface area (Å²) in [5.41, 5.74) is 1.82. The van der Waals surface area contributed by atoms with Gasteiger partial charge in [0, 0.05) is 12.7 Å². The minimum absolute atomic E-state index is 0.172. The van der Waals surface area contributed by atoms with E-state index in [1.165, 1.54) is 9.80 Å². The topological polar surface area (TPSA) is 57.7 Å². The lowest BCUT2D eigenvalue weighted by atomic mass is 9.85. The molecule has 1 aliphatic heterocycles. The molecule has 0 spiro atoms. The van der Waals surface area contributed by atoms with E-state index in [1.54, 1.807) is 7.05 Å². The maximum absolute atomic E-state index is 12.6. The maximum Gasteiger partial charge on any atom is 0.246 e. The Kier molecular flexibility index (Phi) is 3.34. The minimum Gasteiger partial charge on any atom is -0.314 e. The number of rotatable bonds is 3. The van der Waals surface area contributed by atoms with Crippen molar-refractivity contribution in [2.75, 3.05) is 18.5 Å². The fourth-order valence-electron chi connectivity index (χ4n) is 4.34. The lowest BCUT2D eigenvalue weighted by molar-refractivity contribution is -0.143. The SMILES string of the molecule is Cc1cccc(N(C)C(=O)CN2C(=O)[C@@H]3[C@@H](C2=O)[C@H]2C=C[C@H]3C2)c1. The van der Waals surface area contributed by atoms with Gasteiger partial charge in [-0.3, -0.25) is 19.3 Å². The molecule has 0 aromatic heterocycles. The van der Waals surface area contributed by atoms with Crippen molar-refractivity contribution < 1.29 is 14.4 Å². The number of allylic oxidation sites excluding steroid dienone is 2. The molecule has 5 heteroatoms. The zero-order valence-electron chi connectivity index (χ0n) is 13.8. The van der Waals surface area contributed by atoms with Crippen LogP contribution in [0.3, 0.4) is 0 Å². The summed E-state index contributed by atoms with van der Waals surface area (Å²) in [6.07, 6.45) is 5.01. The molecule has 3 aliphatic rings. The molecule has 1 heterocycles. The molecule has 1 aromatic rings. The predicted octanol–water partition coefficient (Wildman–Crippen LogP) is 1.76. The summed E-state index contributed by atoms with van der Waals surface area (Å²) in [6.45, 7) is 1.79. The second-order valence-corrected chi connectivity index (χ2v) is 7.05. The number of amides is 3. The number of aryl methyl sites for hydroxylation is 1. The van der Waals surface area contributed by atoms with Crippen LogP contribution in [0.25, 0.3) is 0 Å². The van der Waals surface area contributed by atoms with Crippen molar-refractivity contribution >= 4 is 23.4 Å². The largest absolute Gasteiger partial charge is 0.314 e.